The predicted molar refractivity (Wildman–Crippen MR) is 78.3 cm³/mol. The quantitative estimate of drug-likeness (QED) is 0.858. The van der Waals surface area contributed by atoms with Crippen molar-refractivity contribution in [3.8, 4) is 0 Å². The third-order valence-corrected chi connectivity index (χ3v) is 3.30. The van der Waals surface area contributed by atoms with E-state index in [1.54, 1.807) is 19.1 Å². The Hall–Kier alpha value is -2.28. The molecule has 124 valence electrons. The Morgan fingerprint density at radius 3 is 2.43 bits per heavy atom. The summed E-state index contributed by atoms with van der Waals surface area (Å²) in [5, 5.41) is 5.67. The smallest absolute Gasteiger partial charge is 0.416 e. The topological polar surface area (TPSA) is 54.3 Å². The molecule has 0 saturated heterocycles. The number of furan rings is 1. The SMILES string of the molecule is CC(NCc1ccc(C(F)(F)F)cc1)C(=O)NCc1ccco1. The Morgan fingerprint density at radius 1 is 1.17 bits per heavy atom. The highest BCUT2D eigenvalue weighted by molar-refractivity contribution is 5.81. The molecule has 7 heteroatoms. The van der Waals surface area contributed by atoms with Crippen molar-refractivity contribution < 1.29 is 22.4 Å². The van der Waals surface area contributed by atoms with Crippen molar-refractivity contribution >= 4 is 5.91 Å². The second kappa shape index (κ2) is 7.32. The van der Waals surface area contributed by atoms with Crippen LogP contribution in [-0.4, -0.2) is 11.9 Å². The van der Waals surface area contributed by atoms with Crippen molar-refractivity contribution in [2.45, 2.75) is 32.2 Å². The van der Waals surface area contributed by atoms with Gasteiger partial charge in [0.2, 0.25) is 5.91 Å². The first-order valence-electron chi connectivity index (χ1n) is 7.06. The summed E-state index contributed by atoms with van der Waals surface area (Å²) in [4.78, 5) is 11.9. The molecule has 0 aliphatic rings. The van der Waals surface area contributed by atoms with Gasteiger partial charge in [0, 0.05) is 6.54 Å². The lowest BCUT2D eigenvalue weighted by Gasteiger charge is -2.14. The molecule has 1 aromatic heterocycles. The Kier molecular flexibility index (Phi) is 5.44. The summed E-state index contributed by atoms with van der Waals surface area (Å²) in [7, 11) is 0. The van der Waals surface area contributed by atoms with Crippen LogP contribution in [-0.2, 0) is 24.1 Å². The molecule has 0 aliphatic heterocycles. The molecule has 1 amide bonds. The highest BCUT2D eigenvalue weighted by Crippen LogP contribution is 2.29. The molecule has 0 fully saturated rings. The predicted octanol–water partition coefficient (Wildman–Crippen LogP) is 3.09. The summed E-state index contributed by atoms with van der Waals surface area (Å²) in [6.07, 6.45) is -2.82. The van der Waals surface area contributed by atoms with Gasteiger partial charge in [-0.25, -0.2) is 0 Å². The van der Waals surface area contributed by atoms with Crippen LogP contribution in [0.15, 0.2) is 47.1 Å². The van der Waals surface area contributed by atoms with Crippen molar-refractivity contribution in [2.75, 3.05) is 0 Å². The second-order valence-electron chi connectivity index (χ2n) is 5.09. The van der Waals surface area contributed by atoms with Crippen LogP contribution in [0.1, 0.15) is 23.8 Å². The lowest BCUT2D eigenvalue weighted by molar-refractivity contribution is -0.137. The van der Waals surface area contributed by atoms with E-state index in [1.807, 2.05) is 0 Å². The molecule has 1 atom stereocenters. The van der Waals surface area contributed by atoms with Crippen LogP contribution < -0.4 is 10.6 Å². The summed E-state index contributed by atoms with van der Waals surface area (Å²) in [6.45, 7) is 2.27. The van der Waals surface area contributed by atoms with Gasteiger partial charge in [0.15, 0.2) is 0 Å². The van der Waals surface area contributed by atoms with E-state index < -0.39 is 17.8 Å². The minimum Gasteiger partial charge on any atom is -0.467 e. The van der Waals surface area contributed by atoms with Crippen molar-refractivity contribution in [1.82, 2.24) is 10.6 Å². The second-order valence-corrected chi connectivity index (χ2v) is 5.09. The molecule has 1 unspecified atom stereocenters. The molecule has 2 N–H and O–H groups in total. The Morgan fingerprint density at radius 2 is 1.87 bits per heavy atom. The van der Waals surface area contributed by atoms with Crippen LogP contribution in [0.4, 0.5) is 13.2 Å². The van der Waals surface area contributed by atoms with Crippen molar-refractivity contribution in [1.29, 1.82) is 0 Å². The third kappa shape index (κ3) is 5.14. The first-order valence-corrected chi connectivity index (χ1v) is 7.06. The number of halogens is 3. The first-order chi connectivity index (χ1) is 10.9. The van der Waals surface area contributed by atoms with Gasteiger partial charge in [-0.15, -0.1) is 0 Å². The number of amides is 1. The third-order valence-electron chi connectivity index (χ3n) is 3.30. The largest absolute Gasteiger partial charge is 0.467 e. The van der Waals surface area contributed by atoms with Crippen LogP contribution in [0.5, 0.6) is 0 Å². The van der Waals surface area contributed by atoms with Gasteiger partial charge < -0.3 is 15.1 Å². The Labute approximate surface area is 131 Å². The molecule has 2 rings (SSSR count). The molecule has 0 spiro atoms. The van der Waals surface area contributed by atoms with E-state index >= 15 is 0 Å². The molecular weight excluding hydrogens is 309 g/mol. The highest BCUT2D eigenvalue weighted by atomic mass is 19.4. The molecule has 0 aliphatic carbocycles. The van der Waals surface area contributed by atoms with Crippen molar-refractivity contribution in [3.05, 3.63) is 59.5 Å². The number of carbonyl (C=O) groups is 1. The van der Waals surface area contributed by atoms with Gasteiger partial charge in [0.1, 0.15) is 5.76 Å². The number of nitrogens with one attached hydrogen (secondary N) is 2. The molecular formula is C16H17F3N2O2. The molecule has 23 heavy (non-hydrogen) atoms. The Balaban J connectivity index is 1.79. The number of hydrogen-bond donors (Lipinski definition) is 2. The summed E-state index contributed by atoms with van der Waals surface area (Å²) in [6, 6.07) is 7.84. The normalized spacial score (nSPS) is 12.9. The van der Waals surface area contributed by atoms with Gasteiger partial charge in [-0.3, -0.25) is 4.79 Å². The van der Waals surface area contributed by atoms with Crippen molar-refractivity contribution in [2.24, 2.45) is 0 Å². The fraction of sp³-hybridized carbons (Fsp3) is 0.312. The van der Waals surface area contributed by atoms with E-state index in [0.29, 0.717) is 17.9 Å². The van der Waals surface area contributed by atoms with Gasteiger partial charge in [-0.05, 0) is 36.8 Å². The zero-order valence-corrected chi connectivity index (χ0v) is 12.5. The maximum absolute atomic E-state index is 12.5. The molecule has 0 saturated carbocycles. The van der Waals surface area contributed by atoms with Crippen LogP contribution in [0.2, 0.25) is 0 Å². The van der Waals surface area contributed by atoms with Crippen LogP contribution in [0.25, 0.3) is 0 Å². The van der Waals surface area contributed by atoms with E-state index in [1.165, 1.54) is 18.4 Å². The fourth-order valence-electron chi connectivity index (χ4n) is 1.92. The van der Waals surface area contributed by atoms with Gasteiger partial charge in [-0.2, -0.15) is 13.2 Å². The van der Waals surface area contributed by atoms with Crippen LogP contribution in [0, 0.1) is 0 Å². The zero-order valence-electron chi connectivity index (χ0n) is 12.5. The van der Waals surface area contributed by atoms with Gasteiger partial charge in [0.25, 0.3) is 0 Å². The summed E-state index contributed by atoms with van der Waals surface area (Å²) >= 11 is 0. The number of alkyl halides is 3. The van der Waals surface area contributed by atoms with E-state index in [-0.39, 0.29) is 12.5 Å². The molecule has 2 aromatic rings. The molecule has 4 nitrogen and oxygen atoms in total. The average Bonchev–Trinajstić information content (AvgIpc) is 3.03. The highest BCUT2D eigenvalue weighted by Gasteiger charge is 2.29. The number of hydrogen-bond acceptors (Lipinski definition) is 3. The molecule has 0 radical (unpaired) electrons. The molecule has 1 aromatic carbocycles. The van der Waals surface area contributed by atoms with Crippen molar-refractivity contribution in [3.63, 3.8) is 0 Å². The van der Waals surface area contributed by atoms with Gasteiger partial charge in [-0.1, -0.05) is 12.1 Å². The molecule has 0 bridgehead atoms. The van der Waals surface area contributed by atoms with E-state index in [2.05, 4.69) is 10.6 Å². The maximum atomic E-state index is 12.5. The lowest BCUT2D eigenvalue weighted by Crippen LogP contribution is -2.41. The summed E-state index contributed by atoms with van der Waals surface area (Å²) in [5.74, 6) is 0.432. The lowest BCUT2D eigenvalue weighted by atomic mass is 10.1. The maximum Gasteiger partial charge on any atom is 0.416 e. The van der Waals surface area contributed by atoms with Crippen LogP contribution >= 0.6 is 0 Å². The van der Waals surface area contributed by atoms with Gasteiger partial charge in [0.05, 0.1) is 24.4 Å². The average molecular weight is 326 g/mol. The molecule has 1 heterocycles. The monoisotopic (exact) mass is 326 g/mol. The standard InChI is InChI=1S/C16H17F3N2O2/c1-11(15(22)21-10-14-3-2-8-23-14)20-9-12-4-6-13(7-5-12)16(17,18)19/h2-8,11,20H,9-10H2,1H3,(H,21,22). The number of rotatable bonds is 6. The number of carbonyl (C=O) groups excluding carboxylic acids is 1. The fourth-order valence-corrected chi connectivity index (χ4v) is 1.92. The number of benzene rings is 1. The zero-order chi connectivity index (χ0) is 16.9. The van der Waals surface area contributed by atoms with E-state index in [4.69, 9.17) is 4.42 Å². The summed E-state index contributed by atoms with van der Waals surface area (Å²) in [5.41, 5.74) is -0.0193. The van der Waals surface area contributed by atoms with E-state index in [9.17, 15) is 18.0 Å². The van der Waals surface area contributed by atoms with Crippen LogP contribution in [0.3, 0.4) is 0 Å². The minimum atomic E-state index is -4.34. The summed E-state index contributed by atoms with van der Waals surface area (Å²) < 4.78 is 42.5. The Bertz CT molecular complexity index is 622. The van der Waals surface area contributed by atoms with E-state index in [0.717, 1.165) is 12.1 Å². The van der Waals surface area contributed by atoms with Gasteiger partial charge >= 0.3 is 6.18 Å². The first kappa shape index (κ1) is 17.1. The minimum absolute atomic E-state index is 0.215.